The van der Waals surface area contributed by atoms with Crippen LogP contribution in [0.4, 0.5) is 21.0 Å². The lowest BCUT2D eigenvalue weighted by Gasteiger charge is -2.08. The number of amides is 4. The predicted molar refractivity (Wildman–Crippen MR) is 88.0 cm³/mol. The molecule has 0 spiro atoms. The van der Waals surface area contributed by atoms with Gasteiger partial charge in [0.15, 0.2) is 0 Å². The monoisotopic (exact) mass is 298 g/mol. The van der Waals surface area contributed by atoms with Gasteiger partial charge in [-0.05, 0) is 35.4 Å². The third-order valence-electron chi connectivity index (χ3n) is 3.07. The normalized spacial score (nSPS) is 9.73. The number of hydrogen-bond acceptors (Lipinski definition) is 2. The van der Waals surface area contributed by atoms with Crippen molar-refractivity contribution in [3.63, 3.8) is 0 Å². The molecule has 0 atom stereocenters. The molecule has 4 amide bonds. The van der Waals surface area contributed by atoms with E-state index in [1.165, 1.54) is 0 Å². The van der Waals surface area contributed by atoms with Crippen molar-refractivity contribution in [1.29, 1.82) is 0 Å². The van der Waals surface area contributed by atoms with E-state index < -0.39 is 0 Å². The molecule has 0 radical (unpaired) electrons. The Morgan fingerprint density at radius 1 is 0.636 bits per heavy atom. The Bertz CT molecular complexity index is 591. The lowest BCUT2D eigenvalue weighted by molar-refractivity contribution is 0.253. The second kappa shape index (κ2) is 7.12. The van der Waals surface area contributed by atoms with Crippen LogP contribution in [0.1, 0.15) is 0 Å². The SMILES string of the molecule is CNC(=O)Nc1ccc(-c2ccc(NC(=O)NC)cc2)cc1. The zero-order chi connectivity index (χ0) is 15.9. The van der Waals surface area contributed by atoms with Gasteiger partial charge in [-0.25, -0.2) is 9.59 Å². The average Bonchev–Trinajstić information content (AvgIpc) is 2.56. The zero-order valence-corrected chi connectivity index (χ0v) is 12.4. The van der Waals surface area contributed by atoms with Crippen LogP contribution in [-0.2, 0) is 0 Å². The highest BCUT2D eigenvalue weighted by molar-refractivity contribution is 5.90. The molecule has 2 aromatic carbocycles. The van der Waals surface area contributed by atoms with Crippen LogP contribution in [-0.4, -0.2) is 26.2 Å². The maximum absolute atomic E-state index is 11.2. The van der Waals surface area contributed by atoms with Crippen molar-refractivity contribution >= 4 is 23.4 Å². The molecule has 0 aromatic heterocycles. The molecule has 0 saturated heterocycles. The minimum Gasteiger partial charge on any atom is -0.341 e. The molecule has 0 aliphatic heterocycles. The maximum Gasteiger partial charge on any atom is 0.318 e. The van der Waals surface area contributed by atoms with Gasteiger partial charge in [-0.2, -0.15) is 0 Å². The molecular weight excluding hydrogens is 280 g/mol. The molecule has 22 heavy (non-hydrogen) atoms. The Kier molecular flexibility index (Phi) is 4.98. The number of carbonyl (C=O) groups excluding carboxylic acids is 2. The van der Waals surface area contributed by atoms with E-state index in [2.05, 4.69) is 21.3 Å². The molecular formula is C16H18N4O2. The molecule has 2 rings (SSSR count). The van der Waals surface area contributed by atoms with Gasteiger partial charge >= 0.3 is 12.1 Å². The van der Waals surface area contributed by atoms with Crippen LogP contribution in [0.5, 0.6) is 0 Å². The highest BCUT2D eigenvalue weighted by Gasteiger charge is 2.02. The third kappa shape index (κ3) is 3.99. The Morgan fingerprint density at radius 3 is 1.23 bits per heavy atom. The topological polar surface area (TPSA) is 82.3 Å². The van der Waals surface area contributed by atoms with Gasteiger partial charge in [0.2, 0.25) is 0 Å². The minimum absolute atomic E-state index is 0.252. The van der Waals surface area contributed by atoms with Gasteiger partial charge in [-0.3, -0.25) is 0 Å². The van der Waals surface area contributed by atoms with Gasteiger partial charge in [-0.15, -0.1) is 0 Å². The van der Waals surface area contributed by atoms with E-state index in [0.717, 1.165) is 22.5 Å². The standard InChI is InChI=1S/C16H18N4O2/c1-17-15(21)19-13-7-3-11(4-8-13)12-5-9-14(10-6-12)20-16(22)18-2/h3-10H,1-2H3,(H2,17,19,21)(H2,18,20,22). The van der Waals surface area contributed by atoms with Crippen LogP contribution < -0.4 is 21.3 Å². The fraction of sp³-hybridized carbons (Fsp3) is 0.125. The number of anilines is 2. The average molecular weight is 298 g/mol. The highest BCUT2D eigenvalue weighted by Crippen LogP contribution is 2.23. The lowest BCUT2D eigenvalue weighted by atomic mass is 10.1. The van der Waals surface area contributed by atoms with E-state index in [4.69, 9.17) is 0 Å². The van der Waals surface area contributed by atoms with Gasteiger partial charge in [0.05, 0.1) is 0 Å². The molecule has 0 fully saturated rings. The Morgan fingerprint density at radius 2 is 0.955 bits per heavy atom. The highest BCUT2D eigenvalue weighted by atomic mass is 16.2. The van der Waals surface area contributed by atoms with Crippen LogP contribution in [0.2, 0.25) is 0 Å². The number of urea groups is 2. The molecule has 2 aromatic rings. The molecule has 0 bridgehead atoms. The van der Waals surface area contributed by atoms with Crippen molar-refractivity contribution in [2.45, 2.75) is 0 Å². The lowest BCUT2D eigenvalue weighted by Crippen LogP contribution is -2.24. The second-order valence-electron chi connectivity index (χ2n) is 4.56. The van der Waals surface area contributed by atoms with Crippen molar-refractivity contribution in [3.8, 4) is 11.1 Å². The first kappa shape index (κ1) is 15.4. The van der Waals surface area contributed by atoms with Gasteiger partial charge < -0.3 is 21.3 Å². The number of nitrogens with one attached hydrogen (secondary N) is 4. The molecule has 6 heteroatoms. The summed E-state index contributed by atoms with van der Waals surface area (Å²) in [6.07, 6.45) is 0. The largest absolute Gasteiger partial charge is 0.341 e. The second-order valence-corrected chi connectivity index (χ2v) is 4.56. The fourth-order valence-electron chi connectivity index (χ4n) is 1.88. The minimum atomic E-state index is -0.252. The van der Waals surface area contributed by atoms with Crippen LogP contribution in [0, 0.1) is 0 Å². The summed E-state index contributed by atoms with van der Waals surface area (Å²) in [5.74, 6) is 0. The summed E-state index contributed by atoms with van der Waals surface area (Å²) in [6.45, 7) is 0. The summed E-state index contributed by atoms with van der Waals surface area (Å²) >= 11 is 0. The van der Waals surface area contributed by atoms with E-state index in [1.54, 1.807) is 14.1 Å². The van der Waals surface area contributed by atoms with E-state index in [-0.39, 0.29) is 12.1 Å². The number of rotatable bonds is 3. The van der Waals surface area contributed by atoms with E-state index in [1.807, 2.05) is 48.5 Å². The Balaban J connectivity index is 2.08. The van der Waals surface area contributed by atoms with Crippen LogP contribution in [0.3, 0.4) is 0 Å². The van der Waals surface area contributed by atoms with Crippen molar-refractivity contribution in [1.82, 2.24) is 10.6 Å². The van der Waals surface area contributed by atoms with E-state index in [9.17, 15) is 9.59 Å². The number of benzene rings is 2. The van der Waals surface area contributed by atoms with Gasteiger partial charge in [0, 0.05) is 25.5 Å². The third-order valence-corrected chi connectivity index (χ3v) is 3.07. The van der Waals surface area contributed by atoms with Crippen molar-refractivity contribution < 1.29 is 9.59 Å². The molecule has 0 unspecified atom stereocenters. The number of carbonyl (C=O) groups is 2. The summed E-state index contributed by atoms with van der Waals surface area (Å²) in [7, 11) is 3.14. The maximum atomic E-state index is 11.2. The molecule has 6 nitrogen and oxygen atoms in total. The summed E-state index contributed by atoms with van der Waals surface area (Å²) in [4.78, 5) is 22.4. The molecule has 4 N–H and O–H groups in total. The first-order valence-corrected chi connectivity index (χ1v) is 6.80. The summed E-state index contributed by atoms with van der Waals surface area (Å²) in [6, 6.07) is 14.5. The molecule has 0 aliphatic carbocycles. The van der Waals surface area contributed by atoms with E-state index in [0.29, 0.717) is 0 Å². The van der Waals surface area contributed by atoms with E-state index >= 15 is 0 Å². The molecule has 0 saturated carbocycles. The van der Waals surface area contributed by atoms with Gasteiger partial charge in [0.25, 0.3) is 0 Å². The van der Waals surface area contributed by atoms with Gasteiger partial charge in [-0.1, -0.05) is 24.3 Å². The Hall–Kier alpha value is -3.02. The molecule has 0 heterocycles. The first-order chi connectivity index (χ1) is 10.6. The van der Waals surface area contributed by atoms with Crippen LogP contribution in [0.25, 0.3) is 11.1 Å². The van der Waals surface area contributed by atoms with Crippen molar-refractivity contribution in [3.05, 3.63) is 48.5 Å². The van der Waals surface area contributed by atoms with Crippen LogP contribution >= 0.6 is 0 Å². The number of hydrogen-bond donors (Lipinski definition) is 4. The molecule has 0 aliphatic rings. The fourth-order valence-corrected chi connectivity index (χ4v) is 1.88. The molecule has 114 valence electrons. The summed E-state index contributed by atoms with van der Waals surface area (Å²) in [5.41, 5.74) is 3.49. The summed E-state index contributed by atoms with van der Waals surface area (Å²) in [5, 5.41) is 10.4. The van der Waals surface area contributed by atoms with Crippen molar-refractivity contribution in [2.24, 2.45) is 0 Å². The Labute approximate surface area is 128 Å². The summed E-state index contributed by atoms with van der Waals surface area (Å²) < 4.78 is 0. The quantitative estimate of drug-likeness (QED) is 0.702. The zero-order valence-electron chi connectivity index (χ0n) is 12.4. The first-order valence-electron chi connectivity index (χ1n) is 6.80. The van der Waals surface area contributed by atoms with Crippen LogP contribution in [0.15, 0.2) is 48.5 Å². The predicted octanol–water partition coefficient (Wildman–Crippen LogP) is 2.86. The van der Waals surface area contributed by atoms with Gasteiger partial charge in [0.1, 0.15) is 0 Å². The smallest absolute Gasteiger partial charge is 0.318 e. The van der Waals surface area contributed by atoms with Crippen molar-refractivity contribution in [2.75, 3.05) is 24.7 Å².